The Labute approximate surface area is 113 Å². The molecule has 1 saturated heterocycles. The topological polar surface area (TPSA) is 72.5 Å². The molecule has 0 bridgehead atoms. The molecular formula is C13H17NO4S. The van der Waals surface area contributed by atoms with E-state index >= 15 is 0 Å². The Balaban J connectivity index is 1.88. The quantitative estimate of drug-likeness (QED) is 0.790. The Morgan fingerprint density at radius 2 is 2.05 bits per heavy atom. The van der Waals surface area contributed by atoms with Gasteiger partial charge in [-0.25, -0.2) is 13.1 Å². The van der Waals surface area contributed by atoms with E-state index in [4.69, 9.17) is 4.74 Å². The lowest BCUT2D eigenvalue weighted by Crippen LogP contribution is -2.35. The first-order chi connectivity index (χ1) is 9.07. The van der Waals surface area contributed by atoms with Crippen LogP contribution in [0.15, 0.2) is 30.3 Å². The van der Waals surface area contributed by atoms with Crippen molar-refractivity contribution < 1.29 is 17.9 Å². The Morgan fingerprint density at radius 1 is 1.32 bits per heavy atom. The standard InChI is InChI=1S/C13H17NO4S/c15-13(11-5-2-1-3-6-11)10-19(16,17)14-9-12-7-4-8-18-12/h1-3,5-6,12,14H,4,7-10H2. The fourth-order valence-corrected chi connectivity index (χ4v) is 3.01. The van der Waals surface area contributed by atoms with Crippen molar-refractivity contribution in [1.29, 1.82) is 0 Å². The fraction of sp³-hybridized carbons (Fsp3) is 0.462. The molecule has 1 aliphatic heterocycles. The molecule has 19 heavy (non-hydrogen) atoms. The first-order valence-corrected chi connectivity index (χ1v) is 7.89. The molecule has 1 aromatic rings. The third-order valence-electron chi connectivity index (χ3n) is 2.97. The van der Waals surface area contributed by atoms with Crippen molar-refractivity contribution >= 4 is 15.8 Å². The summed E-state index contributed by atoms with van der Waals surface area (Å²) in [5.41, 5.74) is 0.407. The maximum atomic E-state index is 11.8. The average Bonchev–Trinajstić information content (AvgIpc) is 2.90. The molecular weight excluding hydrogens is 266 g/mol. The number of carbonyl (C=O) groups excluding carboxylic acids is 1. The van der Waals surface area contributed by atoms with Gasteiger partial charge in [-0.15, -0.1) is 0 Å². The maximum Gasteiger partial charge on any atom is 0.219 e. The number of hydrogen-bond acceptors (Lipinski definition) is 4. The molecule has 6 heteroatoms. The molecule has 2 rings (SSSR count). The molecule has 104 valence electrons. The summed E-state index contributed by atoms with van der Waals surface area (Å²) >= 11 is 0. The highest BCUT2D eigenvalue weighted by Crippen LogP contribution is 2.11. The van der Waals surface area contributed by atoms with E-state index in [0.717, 1.165) is 12.8 Å². The molecule has 1 atom stereocenters. The normalized spacial score (nSPS) is 19.5. The van der Waals surface area contributed by atoms with Gasteiger partial charge < -0.3 is 4.74 Å². The lowest BCUT2D eigenvalue weighted by Gasteiger charge is -2.10. The number of hydrogen-bond donors (Lipinski definition) is 1. The van der Waals surface area contributed by atoms with Crippen molar-refractivity contribution in [1.82, 2.24) is 4.72 Å². The zero-order valence-electron chi connectivity index (χ0n) is 10.5. The summed E-state index contributed by atoms with van der Waals surface area (Å²) in [4.78, 5) is 11.8. The molecule has 0 radical (unpaired) electrons. The van der Waals surface area contributed by atoms with E-state index in [1.165, 1.54) is 0 Å². The lowest BCUT2D eigenvalue weighted by atomic mass is 10.2. The van der Waals surface area contributed by atoms with Gasteiger partial charge in [0.25, 0.3) is 0 Å². The SMILES string of the molecule is O=C(CS(=O)(=O)NCC1CCCO1)c1ccccc1. The number of carbonyl (C=O) groups is 1. The largest absolute Gasteiger partial charge is 0.377 e. The second-order valence-corrected chi connectivity index (χ2v) is 6.34. The van der Waals surface area contributed by atoms with Crippen molar-refractivity contribution in [2.75, 3.05) is 18.9 Å². The van der Waals surface area contributed by atoms with E-state index in [2.05, 4.69) is 4.72 Å². The molecule has 1 heterocycles. The third-order valence-corrected chi connectivity index (χ3v) is 4.22. The van der Waals surface area contributed by atoms with Crippen molar-refractivity contribution in [3.8, 4) is 0 Å². The van der Waals surface area contributed by atoms with Gasteiger partial charge in [-0.05, 0) is 12.8 Å². The summed E-state index contributed by atoms with van der Waals surface area (Å²) in [6.45, 7) is 0.916. The number of ether oxygens (including phenoxy) is 1. The summed E-state index contributed by atoms with van der Waals surface area (Å²) in [7, 11) is -3.60. The van der Waals surface area contributed by atoms with Gasteiger partial charge in [-0.1, -0.05) is 30.3 Å². The first kappa shape index (κ1) is 14.2. The summed E-state index contributed by atoms with van der Waals surface area (Å²) < 4.78 is 31.3. The van der Waals surface area contributed by atoms with E-state index in [1.54, 1.807) is 30.3 Å². The second-order valence-electron chi connectivity index (χ2n) is 4.53. The zero-order chi connectivity index (χ0) is 13.7. The first-order valence-electron chi connectivity index (χ1n) is 6.24. The lowest BCUT2D eigenvalue weighted by molar-refractivity contribution is 0.101. The molecule has 5 nitrogen and oxygen atoms in total. The van der Waals surface area contributed by atoms with E-state index in [0.29, 0.717) is 12.2 Å². The van der Waals surface area contributed by atoms with Crippen LogP contribution in [-0.2, 0) is 14.8 Å². The summed E-state index contributed by atoms with van der Waals surface area (Å²) in [6, 6.07) is 8.41. The van der Waals surface area contributed by atoms with Crippen LogP contribution in [-0.4, -0.2) is 39.2 Å². The number of benzene rings is 1. The van der Waals surface area contributed by atoms with Crippen LogP contribution in [0, 0.1) is 0 Å². The van der Waals surface area contributed by atoms with Gasteiger partial charge in [-0.2, -0.15) is 0 Å². The Hall–Kier alpha value is -1.24. The van der Waals surface area contributed by atoms with Crippen LogP contribution >= 0.6 is 0 Å². The molecule has 1 unspecified atom stereocenters. The van der Waals surface area contributed by atoms with Gasteiger partial charge in [-0.3, -0.25) is 4.79 Å². The minimum Gasteiger partial charge on any atom is -0.377 e. The van der Waals surface area contributed by atoms with E-state index in [-0.39, 0.29) is 12.6 Å². The van der Waals surface area contributed by atoms with Gasteiger partial charge in [0, 0.05) is 18.7 Å². The van der Waals surface area contributed by atoms with Crippen molar-refractivity contribution in [2.24, 2.45) is 0 Å². The van der Waals surface area contributed by atoms with Crippen LogP contribution in [0.2, 0.25) is 0 Å². The smallest absolute Gasteiger partial charge is 0.219 e. The van der Waals surface area contributed by atoms with Crippen molar-refractivity contribution in [3.63, 3.8) is 0 Å². The Kier molecular flexibility index (Phi) is 4.68. The maximum absolute atomic E-state index is 11.8. The average molecular weight is 283 g/mol. The molecule has 0 spiro atoms. The van der Waals surface area contributed by atoms with Crippen LogP contribution in [0.1, 0.15) is 23.2 Å². The minimum absolute atomic E-state index is 0.0680. The Bertz CT molecular complexity index is 521. The number of nitrogens with one attached hydrogen (secondary N) is 1. The molecule has 1 aromatic carbocycles. The number of ketones is 1. The highest BCUT2D eigenvalue weighted by molar-refractivity contribution is 7.90. The van der Waals surface area contributed by atoms with E-state index in [9.17, 15) is 13.2 Å². The van der Waals surface area contributed by atoms with Crippen molar-refractivity contribution in [3.05, 3.63) is 35.9 Å². The van der Waals surface area contributed by atoms with Gasteiger partial charge in [0.2, 0.25) is 10.0 Å². The predicted molar refractivity (Wildman–Crippen MR) is 71.5 cm³/mol. The Morgan fingerprint density at radius 3 is 2.68 bits per heavy atom. The van der Waals surface area contributed by atoms with Crippen LogP contribution in [0.25, 0.3) is 0 Å². The van der Waals surface area contributed by atoms with Crippen LogP contribution in [0.5, 0.6) is 0 Å². The van der Waals surface area contributed by atoms with Gasteiger partial charge >= 0.3 is 0 Å². The fourth-order valence-electron chi connectivity index (χ4n) is 1.96. The van der Waals surface area contributed by atoms with Crippen LogP contribution in [0.4, 0.5) is 0 Å². The number of Topliss-reactive ketones (excluding diaryl/α,β-unsaturated/α-hetero) is 1. The highest BCUT2D eigenvalue weighted by Gasteiger charge is 2.21. The van der Waals surface area contributed by atoms with Crippen molar-refractivity contribution in [2.45, 2.75) is 18.9 Å². The molecule has 1 aliphatic rings. The number of sulfonamides is 1. The van der Waals surface area contributed by atoms with Crippen LogP contribution < -0.4 is 4.72 Å². The van der Waals surface area contributed by atoms with Gasteiger partial charge in [0.15, 0.2) is 5.78 Å². The third kappa shape index (κ3) is 4.41. The minimum atomic E-state index is -3.60. The molecule has 0 amide bonds. The highest BCUT2D eigenvalue weighted by atomic mass is 32.2. The molecule has 0 saturated carbocycles. The summed E-state index contributed by atoms with van der Waals surface area (Å²) in [5, 5.41) is 0. The van der Waals surface area contributed by atoms with Crippen LogP contribution in [0.3, 0.4) is 0 Å². The van der Waals surface area contributed by atoms with Gasteiger partial charge in [0.05, 0.1) is 6.10 Å². The predicted octanol–water partition coefficient (Wildman–Crippen LogP) is 0.968. The second kappa shape index (κ2) is 6.27. The molecule has 1 fully saturated rings. The molecule has 1 N–H and O–H groups in total. The van der Waals surface area contributed by atoms with E-state index < -0.39 is 21.6 Å². The summed E-state index contributed by atoms with van der Waals surface area (Å²) in [5.74, 6) is -0.926. The molecule has 0 aliphatic carbocycles. The monoisotopic (exact) mass is 283 g/mol. The summed E-state index contributed by atoms with van der Waals surface area (Å²) in [6.07, 6.45) is 1.74. The molecule has 0 aromatic heterocycles. The van der Waals surface area contributed by atoms with E-state index in [1.807, 2.05) is 0 Å². The van der Waals surface area contributed by atoms with Gasteiger partial charge in [0.1, 0.15) is 5.75 Å². The number of rotatable bonds is 6. The zero-order valence-corrected chi connectivity index (χ0v) is 11.4.